The summed E-state index contributed by atoms with van der Waals surface area (Å²) in [6.45, 7) is 3.17. The van der Waals surface area contributed by atoms with Gasteiger partial charge in [-0.2, -0.15) is 0 Å². The summed E-state index contributed by atoms with van der Waals surface area (Å²) in [6.07, 6.45) is -2.12. The summed E-state index contributed by atoms with van der Waals surface area (Å²) in [5, 5.41) is 0. The summed E-state index contributed by atoms with van der Waals surface area (Å²) in [7, 11) is 3.19. The number of benzene rings is 4. The lowest BCUT2D eigenvalue weighted by Gasteiger charge is -2.42. The van der Waals surface area contributed by atoms with E-state index in [0.717, 1.165) is 16.7 Å². The molecule has 1 heterocycles. The van der Waals surface area contributed by atoms with E-state index >= 15 is 0 Å². The molecule has 0 amide bonds. The first-order valence-electron chi connectivity index (χ1n) is 14.0. The molecule has 0 unspecified atom stereocenters. The van der Waals surface area contributed by atoms with Crippen molar-refractivity contribution in [1.82, 2.24) is 0 Å². The van der Waals surface area contributed by atoms with Crippen molar-refractivity contribution in [3.8, 4) is 17.2 Å². The standard InChI is InChI=1S/C35H37O7/c1-36-29-19-12-20-30(37-2)33(29)42-32-25-39-31(24-38-21-26-13-6-3-7-14-26)34(40-22-27-15-8-4-9-16-27)35(32)41-23-28-17-10-5-11-18-28/h3-20,25,31-32,34-35H,21-24H2,1-2H3/t31-,32-,34-,35-/m1/s1. The highest BCUT2D eigenvalue weighted by Gasteiger charge is 2.45. The van der Waals surface area contributed by atoms with Gasteiger partial charge in [-0.25, -0.2) is 0 Å². The van der Waals surface area contributed by atoms with Crippen molar-refractivity contribution in [2.45, 2.75) is 44.2 Å². The Balaban J connectivity index is 1.40. The molecule has 0 N–H and O–H groups in total. The van der Waals surface area contributed by atoms with Crippen molar-refractivity contribution in [1.29, 1.82) is 0 Å². The third-order valence-electron chi connectivity index (χ3n) is 7.00. The molecule has 5 rings (SSSR count). The van der Waals surface area contributed by atoms with Crippen LogP contribution in [0.2, 0.25) is 0 Å². The van der Waals surface area contributed by atoms with Gasteiger partial charge in [-0.1, -0.05) is 97.1 Å². The fourth-order valence-electron chi connectivity index (χ4n) is 4.82. The average molecular weight is 570 g/mol. The maximum absolute atomic E-state index is 6.60. The zero-order valence-corrected chi connectivity index (χ0v) is 24.0. The summed E-state index contributed by atoms with van der Waals surface area (Å²) in [5.41, 5.74) is 3.17. The number of ether oxygens (including phenoxy) is 7. The molecule has 1 aliphatic heterocycles. The van der Waals surface area contributed by atoms with Gasteiger partial charge in [0.25, 0.3) is 0 Å². The molecule has 1 saturated heterocycles. The molecule has 1 radical (unpaired) electrons. The van der Waals surface area contributed by atoms with Crippen molar-refractivity contribution < 1.29 is 33.2 Å². The molecule has 0 spiro atoms. The van der Waals surface area contributed by atoms with Crippen LogP contribution >= 0.6 is 0 Å². The number of rotatable bonds is 14. The Morgan fingerprint density at radius 3 is 1.60 bits per heavy atom. The highest BCUT2D eigenvalue weighted by atomic mass is 16.6. The second kappa shape index (κ2) is 15.4. The first-order chi connectivity index (χ1) is 20.7. The van der Waals surface area contributed by atoms with Crippen LogP contribution in [-0.2, 0) is 38.8 Å². The van der Waals surface area contributed by atoms with E-state index in [1.165, 1.54) is 0 Å². The van der Waals surface area contributed by atoms with Gasteiger partial charge >= 0.3 is 0 Å². The number of methoxy groups -OCH3 is 2. The van der Waals surface area contributed by atoms with E-state index in [9.17, 15) is 0 Å². The summed E-state index contributed by atoms with van der Waals surface area (Å²) >= 11 is 0. The third kappa shape index (κ3) is 7.89. The number of para-hydroxylation sites is 1. The molecule has 4 atom stereocenters. The van der Waals surface area contributed by atoms with E-state index in [1.807, 2.05) is 109 Å². The van der Waals surface area contributed by atoms with E-state index in [2.05, 4.69) is 0 Å². The minimum Gasteiger partial charge on any atom is -0.493 e. The van der Waals surface area contributed by atoms with Crippen LogP contribution in [0, 0.1) is 6.61 Å². The predicted octanol–water partition coefficient (Wildman–Crippen LogP) is 6.40. The van der Waals surface area contributed by atoms with Crippen LogP contribution in [-0.4, -0.2) is 45.2 Å². The van der Waals surface area contributed by atoms with Gasteiger partial charge < -0.3 is 33.2 Å². The molecule has 0 bridgehead atoms. The largest absolute Gasteiger partial charge is 0.493 e. The van der Waals surface area contributed by atoms with Crippen LogP contribution in [0.5, 0.6) is 17.2 Å². The highest BCUT2D eigenvalue weighted by Crippen LogP contribution is 2.40. The Hall–Kier alpha value is -3.88. The van der Waals surface area contributed by atoms with Gasteiger partial charge in [0.05, 0.1) is 40.6 Å². The molecular formula is C35H37O7. The van der Waals surface area contributed by atoms with Crippen LogP contribution in [0.25, 0.3) is 0 Å². The van der Waals surface area contributed by atoms with Gasteiger partial charge in [-0.3, -0.25) is 0 Å². The van der Waals surface area contributed by atoms with Crippen molar-refractivity contribution in [3.63, 3.8) is 0 Å². The molecule has 1 fully saturated rings. The van der Waals surface area contributed by atoms with Gasteiger partial charge in [0.15, 0.2) is 17.6 Å². The first-order valence-corrected chi connectivity index (χ1v) is 14.0. The SMILES string of the molecule is COc1cccc(OC)c1O[C@@H]1[CH]O[C@H](COCc2ccccc2)[C@@H](OCc2ccccc2)[C@@H]1OCc1ccccc1. The normalized spacial score (nSPS) is 20.1. The van der Waals surface area contributed by atoms with Crippen LogP contribution in [0.1, 0.15) is 16.7 Å². The van der Waals surface area contributed by atoms with E-state index in [1.54, 1.807) is 20.8 Å². The number of hydrogen-bond donors (Lipinski definition) is 0. The van der Waals surface area contributed by atoms with Crippen molar-refractivity contribution >= 4 is 0 Å². The minimum atomic E-state index is -0.634. The van der Waals surface area contributed by atoms with Gasteiger partial charge in [-0.15, -0.1) is 0 Å². The Morgan fingerprint density at radius 1 is 0.571 bits per heavy atom. The molecule has 42 heavy (non-hydrogen) atoms. The minimum absolute atomic E-state index is 0.306. The van der Waals surface area contributed by atoms with E-state index in [4.69, 9.17) is 33.2 Å². The van der Waals surface area contributed by atoms with Crippen molar-refractivity contribution in [2.75, 3.05) is 20.8 Å². The number of hydrogen-bond acceptors (Lipinski definition) is 7. The van der Waals surface area contributed by atoms with E-state index in [0.29, 0.717) is 43.7 Å². The second-order valence-electron chi connectivity index (χ2n) is 9.91. The lowest BCUT2D eigenvalue weighted by atomic mass is 9.99. The van der Waals surface area contributed by atoms with Crippen molar-refractivity contribution in [3.05, 3.63) is 132 Å². The Kier molecular flexibility index (Phi) is 10.8. The highest BCUT2D eigenvalue weighted by molar-refractivity contribution is 5.51. The Bertz CT molecular complexity index is 1310. The van der Waals surface area contributed by atoms with Crippen LogP contribution in [0.15, 0.2) is 109 Å². The zero-order chi connectivity index (χ0) is 29.0. The summed E-state index contributed by atoms with van der Waals surface area (Å²) in [5.74, 6) is 1.54. The maximum atomic E-state index is 6.60. The fraction of sp³-hybridized carbons (Fsp3) is 0.286. The van der Waals surface area contributed by atoms with E-state index < -0.39 is 24.4 Å². The Labute approximate surface area is 247 Å². The fourth-order valence-corrected chi connectivity index (χ4v) is 4.82. The van der Waals surface area contributed by atoms with Crippen LogP contribution < -0.4 is 14.2 Å². The molecule has 4 aromatic carbocycles. The lowest BCUT2D eigenvalue weighted by molar-refractivity contribution is -0.211. The van der Waals surface area contributed by atoms with Gasteiger partial charge in [-0.05, 0) is 28.8 Å². The van der Waals surface area contributed by atoms with Crippen molar-refractivity contribution in [2.24, 2.45) is 0 Å². The molecule has 4 aromatic rings. The molecule has 0 aliphatic carbocycles. The maximum Gasteiger partial charge on any atom is 0.204 e. The molecular weight excluding hydrogens is 532 g/mol. The molecule has 7 heteroatoms. The molecule has 0 saturated carbocycles. The zero-order valence-electron chi connectivity index (χ0n) is 24.0. The molecule has 1 aliphatic rings. The van der Waals surface area contributed by atoms with Crippen LogP contribution in [0.4, 0.5) is 0 Å². The first kappa shape index (κ1) is 29.6. The molecule has 219 valence electrons. The predicted molar refractivity (Wildman–Crippen MR) is 159 cm³/mol. The summed E-state index contributed by atoms with van der Waals surface area (Å²) in [6, 6.07) is 35.6. The van der Waals surface area contributed by atoms with Gasteiger partial charge in [0.1, 0.15) is 24.9 Å². The van der Waals surface area contributed by atoms with Crippen LogP contribution in [0.3, 0.4) is 0 Å². The lowest BCUT2D eigenvalue weighted by Crippen LogP contribution is -2.56. The Morgan fingerprint density at radius 2 is 1.07 bits per heavy atom. The summed E-state index contributed by atoms with van der Waals surface area (Å²) < 4.78 is 43.3. The quantitative estimate of drug-likeness (QED) is 0.174. The third-order valence-corrected chi connectivity index (χ3v) is 7.00. The monoisotopic (exact) mass is 569 g/mol. The second-order valence-corrected chi connectivity index (χ2v) is 9.91. The van der Waals surface area contributed by atoms with E-state index in [-0.39, 0.29) is 0 Å². The average Bonchev–Trinajstić information content (AvgIpc) is 3.05. The molecule has 0 aromatic heterocycles. The van der Waals surface area contributed by atoms with Gasteiger partial charge in [0.2, 0.25) is 5.75 Å². The smallest absolute Gasteiger partial charge is 0.204 e. The van der Waals surface area contributed by atoms with Gasteiger partial charge in [0, 0.05) is 0 Å². The topological polar surface area (TPSA) is 64.6 Å². The summed E-state index contributed by atoms with van der Waals surface area (Å²) in [4.78, 5) is 0. The molecule has 7 nitrogen and oxygen atoms in total.